The first-order chi connectivity index (χ1) is 13.4. The molecule has 6 nitrogen and oxygen atoms in total. The van der Waals surface area contributed by atoms with Crippen molar-refractivity contribution in [3.8, 4) is 0 Å². The van der Waals surface area contributed by atoms with Crippen LogP contribution >= 0.6 is 22.7 Å². The molecule has 3 rings (SSSR count). The summed E-state index contributed by atoms with van der Waals surface area (Å²) in [4.78, 5) is 40.0. The highest BCUT2D eigenvalue weighted by molar-refractivity contribution is 7.33. The predicted octanol–water partition coefficient (Wildman–Crippen LogP) is 3.60. The average Bonchev–Trinajstić information content (AvgIpc) is 3.24. The lowest BCUT2D eigenvalue weighted by Crippen LogP contribution is -2.42. The highest BCUT2D eigenvalue weighted by atomic mass is 32.1. The molecule has 0 N–H and O–H groups in total. The minimum Gasteiger partial charge on any atom is -0.451 e. The zero-order valence-electron chi connectivity index (χ0n) is 16.1. The first-order valence-electron chi connectivity index (χ1n) is 9.04. The number of esters is 1. The van der Waals surface area contributed by atoms with E-state index in [0.29, 0.717) is 18.0 Å². The van der Waals surface area contributed by atoms with Crippen molar-refractivity contribution >= 4 is 59.9 Å². The zero-order chi connectivity index (χ0) is 20.3. The van der Waals surface area contributed by atoms with Crippen molar-refractivity contribution in [2.24, 2.45) is 0 Å². The van der Waals surface area contributed by atoms with E-state index >= 15 is 0 Å². The normalized spacial score (nSPS) is 11.0. The van der Waals surface area contributed by atoms with Crippen LogP contribution in [0.2, 0.25) is 0 Å². The summed E-state index contributed by atoms with van der Waals surface area (Å²) in [5.41, 5.74) is 0. The number of amides is 2. The van der Waals surface area contributed by atoms with Crippen LogP contribution < -0.4 is 0 Å². The molecule has 2 heterocycles. The summed E-state index contributed by atoms with van der Waals surface area (Å²) in [6.45, 7) is 4.55. The van der Waals surface area contributed by atoms with E-state index in [1.807, 2.05) is 38.1 Å². The molecule has 2 amide bonds. The molecular weight excluding hydrogens is 396 g/mol. The van der Waals surface area contributed by atoms with Crippen LogP contribution in [0, 0.1) is 0 Å². The Morgan fingerprint density at radius 2 is 1.71 bits per heavy atom. The molecule has 0 aliphatic carbocycles. The lowest BCUT2D eigenvalue weighted by atomic mass is 10.2. The maximum atomic E-state index is 12.3. The summed E-state index contributed by atoms with van der Waals surface area (Å²) in [6.07, 6.45) is 0. The van der Waals surface area contributed by atoms with E-state index in [-0.39, 0.29) is 19.1 Å². The molecule has 0 aliphatic heterocycles. The number of thiophene rings is 2. The first kappa shape index (κ1) is 20.3. The second kappa shape index (κ2) is 8.70. The monoisotopic (exact) mass is 418 g/mol. The lowest BCUT2D eigenvalue weighted by Gasteiger charge is -2.23. The van der Waals surface area contributed by atoms with Crippen molar-refractivity contribution in [1.82, 2.24) is 9.80 Å². The Bertz CT molecular complexity index is 1020. The van der Waals surface area contributed by atoms with Gasteiger partial charge in [0, 0.05) is 34.9 Å². The lowest BCUT2D eigenvalue weighted by molar-refractivity contribution is -0.140. The number of nitrogens with zero attached hydrogens (tertiary/aromatic N) is 2. The third-order valence-electron chi connectivity index (χ3n) is 4.49. The Morgan fingerprint density at radius 1 is 1.00 bits per heavy atom. The van der Waals surface area contributed by atoms with Gasteiger partial charge >= 0.3 is 5.97 Å². The first-order valence-corrected chi connectivity index (χ1v) is 10.7. The average molecular weight is 419 g/mol. The summed E-state index contributed by atoms with van der Waals surface area (Å²) >= 11 is 3.00. The van der Waals surface area contributed by atoms with Gasteiger partial charge in [0.25, 0.3) is 5.91 Å². The van der Waals surface area contributed by atoms with Gasteiger partial charge in [-0.3, -0.25) is 9.59 Å². The molecule has 0 fully saturated rings. The Labute approximate surface area is 171 Å². The van der Waals surface area contributed by atoms with E-state index in [2.05, 4.69) is 6.07 Å². The van der Waals surface area contributed by atoms with Gasteiger partial charge in [0.2, 0.25) is 5.91 Å². The summed E-state index contributed by atoms with van der Waals surface area (Å²) in [6, 6.07) is 9.86. The fourth-order valence-corrected chi connectivity index (χ4v) is 5.29. The number of likely N-dealkylation sites (N-methyl/N-ethyl adjacent to an activating group) is 2. The Hall–Kier alpha value is -2.45. The van der Waals surface area contributed by atoms with Gasteiger partial charge < -0.3 is 14.5 Å². The number of carbonyl (C=O) groups is 3. The molecule has 28 heavy (non-hydrogen) atoms. The van der Waals surface area contributed by atoms with Crippen LogP contribution in [0.25, 0.3) is 19.5 Å². The summed E-state index contributed by atoms with van der Waals surface area (Å²) in [7, 11) is 1.53. The van der Waals surface area contributed by atoms with Crippen molar-refractivity contribution < 1.29 is 19.1 Å². The van der Waals surface area contributed by atoms with Gasteiger partial charge in [0.1, 0.15) is 4.88 Å². The molecule has 2 aromatic heterocycles. The van der Waals surface area contributed by atoms with E-state index in [1.54, 1.807) is 16.2 Å². The highest BCUT2D eigenvalue weighted by Gasteiger charge is 2.20. The molecule has 0 aliphatic rings. The quantitative estimate of drug-likeness (QED) is 0.550. The third kappa shape index (κ3) is 4.18. The van der Waals surface area contributed by atoms with Crippen LogP contribution in [0.1, 0.15) is 23.5 Å². The van der Waals surface area contributed by atoms with Crippen molar-refractivity contribution in [3.63, 3.8) is 0 Å². The van der Waals surface area contributed by atoms with Crippen molar-refractivity contribution in [3.05, 3.63) is 35.2 Å². The molecule has 0 bridgehead atoms. The van der Waals surface area contributed by atoms with E-state index in [9.17, 15) is 14.4 Å². The fourth-order valence-electron chi connectivity index (χ4n) is 2.88. The van der Waals surface area contributed by atoms with Gasteiger partial charge in [-0.2, -0.15) is 0 Å². The predicted molar refractivity (Wildman–Crippen MR) is 113 cm³/mol. The highest BCUT2D eigenvalue weighted by Crippen LogP contribution is 2.39. The number of hydrogen-bond acceptors (Lipinski definition) is 6. The Balaban J connectivity index is 1.59. The molecule has 3 aromatic rings. The Morgan fingerprint density at radius 3 is 2.43 bits per heavy atom. The zero-order valence-corrected chi connectivity index (χ0v) is 17.7. The number of fused-ring (bicyclic) bond motifs is 3. The molecule has 0 saturated carbocycles. The standard InChI is InChI=1S/C20H22N2O4S2/c1-4-22(5-2)17(23)11-21(3)18(24)12-26-20(25)16-10-15-19(28-16)13-8-6-7-9-14(13)27-15/h6-10H,4-5,11-12H2,1-3H3. The second-order valence-electron chi connectivity index (χ2n) is 6.29. The van der Waals surface area contributed by atoms with Crippen LogP contribution in [0.5, 0.6) is 0 Å². The van der Waals surface area contributed by atoms with Gasteiger partial charge in [-0.25, -0.2) is 4.79 Å². The molecule has 0 saturated heterocycles. The number of carbonyl (C=O) groups excluding carboxylic acids is 3. The smallest absolute Gasteiger partial charge is 0.348 e. The number of benzene rings is 1. The molecule has 1 aromatic carbocycles. The third-order valence-corrected chi connectivity index (χ3v) is 6.89. The summed E-state index contributed by atoms with van der Waals surface area (Å²) < 4.78 is 8.45. The number of ether oxygens (including phenoxy) is 1. The van der Waals surface area contributed by atoms with Crippen molar-refractivity contribution in [1.29, 1.82) is 0 Å². The van der Waals surface area contributed by atoms with Crippen LogP contribution in [0.15, 0.2) is 30.3 Å². The van der Waals surface area contributed by atoms with E-state index < -0.39 is 11.9 Å². The van der Waals surface area contributed by atoms with Crippen LogP contribution in [0.3, 0.4) is 0 Å². The van der Waals surface area contributed by atoms with Crippen LogP contribution in [0.4, 0.5) is 0 Å². The van der Waals surface area contributed by atoms with E-state index in [1.165, 1.54) is 28.0 Å². The van der Waals surface area contributed by atoms with Gasteiger partial charge in [-0.1, -0.05) is 18.2 Å². The minimum absolute atomic E-state index is 0.0290. The van der Waals surface area contributed by atoms with Crippen LogP contribution in [-0.2, 0) is 14.3 Å². The molecule has 0 spiro atoms. The second-order valence-corrected chi connectivity index (χ2v) is 8.43. The van der Waals surface area contributed by atoms with Gasteiger partial charge in [0.05, 0.1) is 11.2 Å². The maximum Gasteiger partial charge on any atom is 0.348 e. The fraction of sp³-hybridized carbons (Fsp3) is 0.350. The Kier molecular flexibility index (Phi) is 6.31. The topological polar surface area (TPSA) is 66.9 Å². The SMILES string of the molecule is CCN(CC)C(=O)CN(C)C(=O)COC(=O)c1cc2sc3ccccc3c2s1. The molecular formula is C20H22N2O4S2. The molecule has 0 unspecified atom stereocenters. The van der Waals surface area contributed by atoms with E-state index in [4.69, 9.17) is 4.74 Å². The van der Waals surface area contributed by atoms with Crippen molar-refractivity contribution in [2.45, 2.75) is 13.8 Å². The molecule has 8 heteroatoms. The molecule has 148 valence electrons. The summed E-state index contributed by atoms with van der Waals surface area (Å²) in [5.74, 6) is -1.05. The number of rotatable bonds is 7. The maximum absolute atomic E-state index is 12.3. The van der Waals surface area contributed by atoms with E-state index in [0.717, 1.165) is 14.8 Å². The van der Waals surface area contributed by atoms with Gasteiger partial charge in [-0.05, 0) is 26.0 Å². The number of hydrogen-bond donors (Lipinski definition) is 0. The minimum atomic E-state index is -0.519. The van der Waals surface area contributed by atoms with Crippen molar-refractivity contribution in [2.75, 3.05) is 33.3 Å². The van der Waals surface area contributed by atoms with Crippen LogP contribution in [-0.4, -0.2) is 60.9 Å². The molecule has 0 atom stereocenters. The molecule has 0 radical (unpaired) electrons. The van der Waals surface area contributed by atoms with Gasteiger partial charge in [-0.15, -0.1) is 22.7 Å². The summed E-state index contributed by atoms with van der Waals surface area (Å²) in [5, 5.41) is 1.12. The van der Waals surface area contributed by atoms with Gasteiger partial charge in [0.15, 0.2) is 6.61 Å². The largest absolute Gasteiger partial charge is 0.451 e.